The molecule has 90 valence electrons. The van der Waals surface area contributed by atoms with E-state index in [0.717, 1.165) is 5.75 Å². The van der Waals surface area contributed by atoms with Crippen LogP contribution in [-0.4, -0.2) is 41.9 Å². The molecular formula is C12H13NO3S. The van der Waals surface area contributed by atoms with Gasteiger partial charge in [-0.15, -0.1) is 0 Å². The third-order valence-electron chi connectivity index (χ3n) is 2.59. The lowest BCUT2D eigenvalue weighted by Crippen LogP contribution is -2.29. The Labute approximate surface area is 104 Å². The summed E-state index contributed by atoms with van der Waals surface area (Å²) in [6.45, 7) is 0.774. The topological polar surface area (TPSA) is 46.6 Å². The fourth-order valence-electron chi connectivity index (χ4n) is 1.70. The van der Waals surface area contributed by atoms with Gasteiger partial charge in [-0.05, 0) is 12.1 Å². The fraction of sp³-hybridized carbons (Fsp3) is 0.333. The molecule has 0 saturated carbocycles. The monoisotopic (exact) mass is 251 g/mol. The molecule has 0 spiro atoms. The lowest BCUT2D eigenvalue weighted by Gasteiger charge is -2.14. The van der Waals surface area contributed by atoms with Crippen molar-refractivity contribution in [1.82, 2.24) is 4.90 Å². The van der Waals surface area contributed by atoms with Gasteiger partial charge in [0.05, 0.1) is 19.2 Å². The van der Waals surface area contributed by atoms with Crippen molar-refractivity contribution in [3.8, 4) is 5.75 Å². The summed E-state index contributed by atoms with van der Waals surface area (Å²) in [7, 11) is 1.53. The molecule has 4 nitrogen and oxygen atoms in total. The van der Waals surface area contributed by atoms with E-state index >= 15 is 0 Å². The van der Waals surface area contributed by atoms with Gasteiger partial charge >= 0.3 is 0 Å². The number of amides is 1. The van der Waals surface area contributed by atoms with Crippen molar-refractivity contribution < 1.29 is 14.3 Å². The van der Waals surface area contributed by atoms with Gasteiger partial charge in [-0.2, -0.15) is 0 Å². The molecule has 1 saturated heterocycles. The summed E-state index contributed by atoms with van der Waals surface area (Å²) in [6.07, 6.45) is 0. The summed E-state index contributed by atoms with van der Waals surface area (Å²) in [6, 6.07) is 7.06. The molecular weight excluding hydrogens is 238 g/mol. The Balaban J connectivity index is 2.11. The third kappa shape index (κ3) is 2.61. The first kappa shape index (κ1) is 12.0. The molecule has 0 radical (unpaired) electrons. The van der Waals surface area contributed by atoms with E-state index in [1.807, 2.05) is 6.07 Å². The van der Waals surface area contributed by atoms with Gasteiger partial charge in [0.25, 0.3) is 5.24 Å². The summed E-state index contributed by atoms with van der Waals surface area (Å²) in [5.74, 6) is 1.23. The van der Waals surface area contributed by atoms with Crippen LogP contribution in [0.4, 0.5) is 4.79 Å². The van der Waals surface area contributed by atoms with Gasteiger partial charge in [0.15, 0.2) is 5.78 Å². The zero-order valence-corrected chi connectivity index (χ0v) is 10.3. The van der Waals surface area contributed by atoms with E-state index in [-0.39, 0.29) is 17.6 Å². The summed E-state index contributed by atoms with van der Waals surface area (Å²) in [5.41, 5.74) is 0.528. The minimum Gasteiger partial charge on any atom is -0.496 e. The zero-order chi connectivity index (χ0) is 12.3. The molecule has 17 heavy (non-hydrogen) atoms. The quantitative estimate of drug-likeness (QED) is 0.768. The van der Waals surface area contributed by atoms with Crippen LogP contribution >= 0.6 is 11.8 Å². The normalized spacial score (nSPS) is 15.1. The minimum absolute atomic E-state index is 0.0201. The van der Waals surface area contributed by atoms with Gasteiger partial charge in [-0.3, -0.25) is 9.59 Å². The molecule has 2 rings (SSSR count). The average Bonchev–Trinajstić information content (AvgIpc) is 2.75. The van der Waals surface area contributed by atoms with Crippen LogP contribution in [0.3, 0.4) is 0 Å². The van der Waals surface area contributed by atoms with Gasteiger partial charge in [-0.25, -0.2) is 0 Å². The third-order valence-corrected chi connectivity index (χ3v) is 3.48. The van der Waals surface area contributed by atoms with Crippen molar-refractivity contribution >= 4 is 22.8 Å². The van der Waals surface area contributed by atoms with Crippen molar-refractivity contribution in [2.24, 2.45) is 0 Å². The number of hydrogen-bond acceptors (Lipinski definition) is 4. The second kappa shape index (κ2) is 5.23. The maximum Gasteiger partial charge on any atom is 0.282 e. The van der Waals surface area contributed by atoms with E-state index in [2.05, 4.69) is 0 Å². The molecule has 1 fully saturated rings. The molecule has 0 atom stereocenters. The van der Waals surface area contributed by atoms with Gasteiger partial charge in [0.1, 0.15) is 5.75 Å². The Bertz CT molecular complexity index is 447. The number of benzene rings is 1. The number of rotatable bonds is 4. The van der Waals surface area contributed by atoms with Crippen LogP contribution in [0, 0.1) is 0 Å². The van der Waals surface area contributed by atoms with E-state index in [4.69, 9.17) is 4.74 Å². The zero-order valence-electron chi connectivity index (χ0n) is 9.51. The second-order valence-electron chi connectivity index (χ2n) is 3.66. The first-order valence-electron chi connectivity index (χ1n) is 5.30. The Kier molecular flexibility index (Phi) is 3.68. The molecule has 0 aromatic heterocycles. The molecule has 0 N–H and O–H groups in total. The number of nitrogens with zero attached hydrogens (tertiary/aromatic N) is 1. The van der Waals surface area contributed by atoms with Crippen molar-refractivity contribution in [2.45, 2.75) is 0 Å². The van der Waals surface area contributed by atoms with Gasteiger partial charge in [0.2, 0.25) is 0 Å². The number of carbonyl (C=O) groups excluding carboxylic acids is 2. The summed E-state index contributed by atoms with van der Waals surface area (Å²) in [5, 5.41) is -0.0201. The fourth-order valence-corrected chi connectivity index (χ4v) is 2.53. The van der Waals surface area contributed by atoms with E-state index in [1.54, 1.807) is 23.1 Å². The van der Waals surface area contributed by atoms with E-state index in [1.165, 1.54) is 18.9 Å². The lowest BCUT2D eigenvalue weighted by molar-refractivity contribution is 0.0953. The molecule has 0 bridgehead atoms. The van der Waals surface area contributed by atoms with E-state index in [0.29, 0.717) is 17.9 Å². The molecule has 0 unspecified atom stereocenters. The number of hydrogen-bond donors (Lipinski definition) is 0. The highest BCUT2D eigenvalue weighted by Crippen LogP contribution is 2.21. The number of Topliss-reactive ketones (excluding diaryl/α,β-unsaturated/α-hetero) is 1. The summed E-state index contributed by atoms with van der Waals surface area (Å²) >= 11 is 1.26. The van der Waals surface area contributed by atoms with Crippen LogP contribution < -0.4 is 4.74 Å². The van der Waals surface area contributed by atoms with Gasteiger partial charge in [-0.1, -0.05) is 23.9 Å². The van der Waals surface area contributed by atoms with Gasteiger partial charge < -0.3 is 9.64 Å². The van der Waals surface area contributed by atoms with Crippen molar-refractivity contribution in [2.75, 3.05) is 26.0 Å². The molecule has 5 heteroatoms. The molecule has 1 aliphatic rings. The lowest BCUT2D eigenvalue weighted by atomic mass is 10.1. The van der Waals surface area contributed by atoms with Crippen LogP contribution in [0.1, 0.15) is 10.4 Å². The number of ether oxygens (including phenoxy) is 1. The first-order valence-corrected chi connectivity index (χ1v) is 6.29. The Morgan fingerprint density at radius 1 is 1.47 bits per heavy atom. The highest BCUT2D eigenvalue weighted by atomic mass is 32.2. The summed E-state index contributed by atoms with van der Waals surface area (Å²) < 4.78 is 5.13. The van der Waals surface area contributed by atoms with Crippen LogP contribution in [0.25, 0.3) is 0 Å². The van der Waals surface area contributed by atoms with Crippen LogP contribution in [0.2, 0.25) is 0 Å². The molecule has 1 amide bonds. The van der Waals surface area contributed by atoms with Crippen molar-refractivity contribution in [3.05, 3.63) is 29.8 Å². The molecule has 0 aliphatic carbocycles. The highest BCUT2D eigenvalue weighted by molar-refractivity contribution is 8.13. The molecule has 1 aromatic rings. The molecule has 1 aromatic carbocycles. The Hall–Kier alpha value is -1.49. The highest BCUT2D eigenvalue weighted by Gasteiger charge is 2.24. The predicted molar refractivity (Wildman–Crippen MR) is 66.8 cm³/mol. The smallest absolute Gasteiger partial charge is 0.282 e. The number of carbonyl (C=O) groups is 2. The largest absolute Gasteiger partial charge is 0.496 e. The van der Waals surface area contributed by atoms with Crippen LogP contribution in [-0.2, 0) is 0 Å². The Morgan fingerprint density at radius 3 is 2.88 bits per heavy atom. The van der Waals surface area contributed by atoms with E-state index in [9.17, 15) is 9.59 Å². The number of methoxy groups -OCH3 is 1. The Morgan fingerprint density at radius 2 is 2.24 bits per heavy atom. The number of thioether (sulfide) groups is 1. The molecule has 1 heterocycles. The summed E-state index contributed by atoms with van der Waals surface area (Å²) in [4.78, 5) is 25.0. The van der Waals surface area contributed by atoms with Gasteiger partial charge in [0, 0.05) is 12.3 Å². The van der Waals surface area contributed by atoms with Crippen LogP contribution in [0.15, 0.2) is 24.3 Å². The number of para-hydroxylation sites is 1. The van der Waals surface area contributed by atoms with E-state index < -0.39 is 0 Å². The predicted octanol–water partition coefficient (Wildman–Crippen LogP) is 2.05. The van der Waals surface area contributed by atoms with Crippen molar-refractivity contribution in [1.29, 1.82) is 0 Å². The second-order valence-corrected chi connectivity index (χ2v) is 4.71. The standard InChI is InChI=1S/C12H13NO3S/c1-16-11-5-3-2-4-9(11)10(14)8-13-6-7-17-12(13)15/h2-5H,6-8H2,1H3. The minimum atomic E-state index is -0.0849. The number of ketones is 1. The average molecular weight is 251 g/mol. The SMILES string of the molecule is COc1ccccc1C(=O)CN1CCSC1=O. The van der Waals surface area contributed by atoms with Crippen molar-refractivity contribution in [3.63, 3.8) is 0 Å². The maximum atomic E-state index is 12.0. The maximum absolute atomic E-state index is 12.0. The van der Waals surface area contributed by atoms with Crippen LogP contribution in [0.5, 0.6) is 5.75 Å². The molecule has 1 aliphatic heterocycles. The first-order chi connectivity index (χ1) is 8.22.